The van der Waals surface area contributed by atoms with Crippen LogP contribution in [-0.4, -0.2) is 46.9 Å². The van der Waals surface area contributed by atoms with Crippen LogP contribution < -0.4 is 10.1 Å². The third kappa shape index (κ3) is 5.68. The fourth-order valence-corrected chi connectivity index (χ4v) is 3.79. The van der Waals surface area contributed by atoms with E-state index in [0.29, 0.717) is 12.1 Å². The maximum atomic E-state index is 12.7. The zero-order valence-electron chi connectivity index (χ0n) is 16.4. The first-order chi connectivity index (χ1) is 14.5. The molecule has 0 spiro atoms. The third-order valence-corrected chi connectivity index (χ3v) is 5.23. The highest BCUT2D eigenvalue weighted by Crippen LogP contribution is 2.38. The average molecular weight is 457 g/mol. The minimum absolute atomic E-state index is 0.100. The summed E-state index contributed by atoms with van der Waals surface area (Å²) in [6.07, 6.45) is -5.05. The Balaban J connectivity index is 1.82. The summed E-state index contributed by atoms with van der Waals surface area (Å²) in [6.45, 7) is 1.62. The highest BCUT2D eigenvalue weighted by molar-refractivity contribution is 6.33. The molecule has 3 rings (SSSR count). The molecule has 1 heterocycles. The molecule has 166 valence electrons. The number of aliphatic hydroxyl groups is 1. The molecule has 0 unspecified atom stereocenters. The topological polar surface area (TPSA) is 78.9 Å². The largest absolute Gasteiger partial charge is 0.573 e. The van der Waals surface area contributed by atoms with E-state index in [4.69, 9.17) is 11.6 Å². The van der Waals surface area contributed by atoms with Gasteiger partial charge in [0.15, 0.2) is 0 Å². The summed E-state index contributed by atoms with van der Waals surface area (Å²) in [6, 6.07) is 9.10. The Labute approximate surface area is 181 Å². The van der Waals surface area contributed by atoms with E-state index in [2.05, 4.69) is 10.1 Å². The Morgan fingerprint density at radius 1 is 1.19 bits per heavy atom. The van der Waals surface area contributed by atoms with Gasteiger partial charge in [-0.25, -0.2) is 0 Å². The number of alkyl halides is 3. The molecule has 2 aromatic carbocycles. The Bertz CT molecular complexity index is 983. The first-order valence-corrected chi connectivity index (χ1v) is 9.84. The molecule has 0 aliphatic carbocycles. The number of nitrogens with one attached hydrogen (secondary N) is 1. The molecule has 2 amide bonds. The number of likely N-dealkylation sites (tertiary alicyclic amines) is 1. The van der Waals surface area contributed by atoms with E-state index < -0.39 is 30.2 Å². The van der Waals surface area contributed by atoms with Crippen molar-refractivity contribution in [2.75, 3.05) is 11.9 Å². The fraction of sp³-hybridized carbons (Fsp3) is 0.333. The summed E-state index contributed by atoms with van der Waals surface area (Å²) in [5.41, 5.74) is 0.732. The number of hydrogen-bond acceptors (Lipinski definition) is 4. The molecule has 1 fully saturated rings. The van der Waals surface area contributed by atoms with Gasteiger partial charge in [-0.1, -0.05) is 35.9 Å². The SMILES string of the molecule is CC(=O)N1CC[C@@H](O)C[C@@H]1C(=O)Nc1ccc(-c2ccccc2OC(F)(F)F)c(Cl)c1. The van der Waals surface area contributed by atoms with Crippen molar-refractivity contribution in [3.05, 3.63) is 47.5 Å². The minimum atomic E-state index is -4.86. The summed E-state index contributed by atoms with van der Waals surface area (Å²) in [5, 5.41) is 12.6. The number of para-hydroxylation sites is 1. The number of aliphatic hydroxyl groups excluding tert-OH is 1. The van der Waals surface area contributed by atoms with Gasteiger partial charge in [-0.15, -0.1) is 13.2 Å². The fourth-order valence-electron chi connectivity index (χ4n) is 3.51. The van der Waals surface area contributed by atoms with Crippen molar-refractivity contribution in [2.24, 2.45) is 0 Å². The zero-order valence-corrected chi connectivity index (χ0v) is 17.2. The van der Waals surface area contributed by atoms with Crippen LogP contribution in [0.1, 0.15) is 19.8 Å². The molecule has 0 saturated carbocycles. The van der Waals surface area contributed by atoms with Gasteiger partial charge < -0.3 is 20.1 Å². The second-order valence-electron chi connectivity index (χ2n) is 7.13. The summed E-state index contributed by atoms with van der Waals surface area (Å²) in [7, 11) is 0. The number of rotatable bonds is 4. The van der Waals surface area contributed by atoms with Crippen LogP contribution in [0.2, 0.25) is 5.02 Å². The first kappa shape index (κ1) is 22.9. The summed E-state index contributed by atoms with van der Waals surface area (Å²) in [5.74, 6) is -1.16. The van der Waals surface area contributed by atoms with E-state index in [9.17, 15) is 27.9 Å². The van der Waals surface area contributed by atoms with Gasteiger partial charge in [0.05, 0.1) is 11.1 Å². The van der Waals surface area contributed by atoms with Crippen molar-refractivity contribution < 1.29 is 32.6 Å². The number of halogens is 4. The number of anilines is 1. The maximum absolute atomic E-state index is 12.7. The molecule has 1 aliphatic heterocycles. The molecule has 2 atom stereocenters. The molecule has 2 aromatic rings. The minimum Gasteiger partial charge on any atom is -0.405 e. The van der Waals surface area contributed by atoms with E-state index >= 15 is 0 Å². The Hall–Kier alpha value is -2.78. The van der Waals surface area contributed by atoms with Gasteiger partial charge in [-0.2, -0.15) is 0 Å². The highest BCUT2D eigenvalue weighted by Gasteiger charge is 2.34. The monoisotopic (exact) mass is 456 g/mol. The highest BCUT2D eigenvalue weighted by atomic mass is 35.5. The van der Waals surface area contributed by atoms with Gasteiger partial charge in [-0.3, -0.25) is 9.59 Å². The Kier molecular flexibility index (Phi) is 6.76. The molecule has 1 aliphatic rings. The molecule has 6 nitrogen and oxygen atoms in total. The predicted octanol–water partition coefficient (Wildman–Crippen LogP) is 4.22. The van der Waals surface area contributed by atoms with Gasteiger partial charge in [-0.05, 0) is 24.6 Å². The average Bonchev–Trinajstić information content (AvgIpc) is 2.67. The number of ether oxygens (including phenoxy) is 1. The van der Waals surface area contributed by atoms with Crippen molar-refractivity contribution in [3.8, 4) is 16.9 Å². The zero-order chi connectivity index (χ0) is 22.8. The van der Waals surface area contributed by atoms with Gasteiger partial charge in [0, 0.05) is 36.7 Å². The normalized spacial score (nSPS) is 19.1. The predicted molar refractivity (Wildman–Crippen MR) is 109 cm³/mol. The van der Waals surface area contributed by atoms with Crippen LogP contribution in [0.25, 0.3) is 11.1 Å². The van der Waals surface area contributed by atoms with E-state index in [1.807, 2.05) is 0 Å². The molecular weight excluding hydrogens is 437 g/mol. The van der Waals surface area contributed by atoms with E-state index in [-0.39, 0.29) is 35.0 Å². The van der Waals surface area contributed by atoms with Gasteiger partial charge in [0.2, 0.25) is 11.8 Å². The molecule has 31 heavy (non-hydrogen) atoms. The van der Waals surface area contributed by atoms with Crippen LogP contribution in [0.5, 0.6) is 5.75 Å². The first-order valence-electron chi connectivity index (χ1n) is 9.46. The third-order valence-electron chi connectivity index (χ3n) is 4.92. The number of benzene rings is 2. The van der Waals surface area contributed by atoms with Crippen LogP contribution in [-0.2, 0) is 9.59 Å². The summed E-state index contributed by atoms with van der Waals surface area (Å²) in [4.78, 5) is 25.9. The number of hydrogen-bond donors (Lipinski definition) is 2. The summed E-state index contributed by atoms with van der Waals surface area (Å²) >= 11 is 6.29. The lowest BCUT2D eigenvalue weighted by Gasteiger charge is -2.36. The van der Waals surface area contributed by atoms with Crippen molar-refractivity contribution in [2.45, 2.75) is 38.3 Å². The molecule has 0 bridgehead atoms. The second-order valence-corrected chi connectivity index (χ2v) is 7.54. The van der Waals surface area contributed by atoms with Gasteiger partial charge in [0.1, 0.15) is 11.8 Å². The van der Waals surface area contributed by atoms with Crippen LogP contribution >= 0.6 is 11.6 Å². The van der Waals surface area contributed by atoms with E-state index in [1.54, 1.807) is 6.07 Å². The lowest BCUT2D eigenvalue weighted by molar-refractivity contribution is -0.274. The molecular formula is C21H20ClF3N2O4. The number of amides is 2. The molecule has 1 saturated heterocycles. The molecule has 2 N–H and O–H groups in total. The lowest BCUT2D eigenvalue weighted by Crippen LogP contribution is -2.52. The quantitative estimate of drug-likeness (QED) is 0.722. The Morgan fingerprint density at radius 3 is 2.55 bits per heavy atom. The number of piperidine rings is 1. The molecule has 10 heteroatoms. The van der Waals surface area contributed by atoms with Gasteiger partial charge in [0.25, 0.3) is 0 Å². The molecule has 0 radical (unpaired) electrons. The van der Waals surface area contributed by atoms with Crippen LogP contribution in [0.3, 0.4) is 0 Å². The maximum Gasteiger partial charge on any atom is 0.573 e. The van der Waals surface area contributed by atoms with Crippen molar-refractivity contribution >= 4 is 29.1 Å². The molecule has 0 aromatic heterocycles. The van der Waals surface area contributed by atoms with Crippen molar-refractivity contribution in [1.29, 1.82) is 0 Å². The van der Waals surface area contributed by atoms with Crippen molar-refractivity contribution in [1.82, 2.24) is 4.90 Å². The number of nitrogens with zero attached hydrogens (tertiary/aromatic N) is 1. The number of carbonyl (C=O) groups excluding carboxylic acids is 2. The van der Waals surface area contributed by atoms with Crippen LogP contribution in [0.4, 0.5) is 18.9 Å². The van der Waals surface area contributed by atoms with E-state index in [1.165, 1.54) is 48.2 Å². The summed E-state index contributed by atoms with van der Waals surface area (Å²) < 4.78 is 42.1. The smallest absolute Gasteiger partial charge is 0.405 e. The second kappa shape index (κ2) is 9.15. The number of carbonyl (C=O) groups is 2. The Morgan fingerprint density at radius 2 is 1.90 bits per heavy atom. The lowest BCUT2D eigenvalue weighted by atomic mass is 9.98. The van der Waals surface area contributed by atoms with Crippen LogP contribution in [0, 0.1) is 0 Å². The van der Waals surface area contributed by atoms with Crippen molar-refractivity contribution in [3.63, 3.8) is 0 Å². The standard InChI is InChI=1S/C21H20ClF3N2O4/c1-12(28)27-9-8-14(29)11-18(27)20(30)26-13-6-7-15(17(22)10-13)16-4-2-3-5-19(16)31-21(23,24)25/h2-7,10,14,18,29H,8-9,11H2,1H3,(H,26,30)/t14-,18-/m1/s1. The van der Waals surface area contributed by atoms with Crippen LogP contribution in [0.15, 0.2) is 42.5 Å². The van der Waals surface area contributed by atoms with Gasteiger partial charge >= 0.3 is 6.36 Å². The van der Waals surface area contributed by atoms with E-state index in [0.717, 1.165) is 0 Å².